The third kappa shape index (κ3) is 3.34. The van der Waals surface area contributed by atoms with Crippen molar-refractivity contribution in [2.45, 2.75) is 19.9 Å². The summed E-state index contributed by atoms with van der Waals surface area (Å²) in [4.78, 5) is 17.3. The van der Waals surface area contributed by atoms with E-state index in [4.69, 9.17) is 23.8 Å². The molecule has 5 nitrogen and oxygen atoms in total. The Labute approximate surface area is 150 Å². The molecular weight excluding hydrogens is 346 g/mol. The number of nitrogens with zero attached hydrogens (tertiary/aromatic N) is 2. The van der Waals surface area contributed by atoms with E-state index in [1.165, 1.54) is 6.20 Å². The number of fused-ring (bicyclic) bond motifs is 1. The number of carboxylic acids is 1. The van der Waals surface area contributed by atoms with Crippen LogP contribution in [0.5, 0.6) is 0 Å². The number of nitrogens with one attached hydrogen (secondary N) is 1. The lowest BCUT2D eigenvalue weighted by Crippen LogP contribution is -2.39. The lowest BCUT2D eigenvalue weighted by atomic mass is 9.97. The van der Waals surface area contributed by atoms with Gasteiger partial charge in [0.1, 0.15) is 0 Å². The van der Waals surface area contributed by atoms with Crippen LogP contribution in [0.15, 0.2) is 30.6 Å². The number of aryl methyl sites for hydroxylation is 1. The van der Waals surface area contributed by atoms with Crippen molar-refractivity contribution in [3.8, 4) is 0 Å². The fourth-order valence-electron chi connectivity index (χ4n) is 2.81. The summed E-state index contributed by atoms with van der Waals surface area (Å²) in [6.45, 7) is 3.17. The van der Waals surface area contributed by atoms with E-state index in [0.29, 0.717) is 29.6 Å². The van der Waals surface area contributed by atoms with Crippen LogP contribution in [0.25, 0.3) is 0 Å². The molecule has 24 heavy (non-hydrogen) atoms. The van der Waals surface area contributed by atoms with Crippen molar-refractivity contribution >= 4 is 40.6 Å². The first-order valence-corrected chi connectivity index (χ1v) is 8.25. The van der Waals surface area contributed by atoms with Gasteiger partial charge in [-0.15, -0.1) is 0 Å². The standard InChI is InChI=1S/C17H16ClN3O2S/c1-10-6-12(18)2-3-15(10)20-17(24)21-5-4-13-11(9-21)7-19-8-14(13)16(22)23/h2-3,6-8H,4-5,9H2,1H3,(H,20,24)(H,22,23). The van der Waals surface area contributed by atoms with E-state index in [-0.39, 0.29) is 5.56 Å². The average Bonchev–Trinajstić information content (AvgIpc) is 2.56. The van der Waals surface area contributed by atoms with Crippen LogP contribution in [0.2, 0.25) is 5.02 Å². The number of carbonyl (C=O) groups is 1. The molecule has 0 bridgehead atoms. The fourth-order valence-corrected chi connectivity index (χ4v) is 3.31. The monoisotopic (exact) mass is 361 g/mol. The molecule has 0 fully saturated rings. The zero-order valence-electron chi connectivity index (χ0n) is 13.0. The van der Waals surface area contributed by atoms with Gasteiger partial charge in [0.2, 0.25) is 0 Å². The van der Waals surface area contributed by atoms with Gasteiger partial charge < -0.3 is 15.3 Å². The second-order valence-electron chi connectivity index (χ2n) is 5.69. The van der Waals surface area contributed by atoms with Crippen LogP contribution in [0.3, 0.4) is 0 Å². The SMILES string of the molecule is Cc1cc(Cl)ccc1NC(=S)N1CCc2c(cncc2C(=O)O)C1. The number of rotatable bonds is 2. The molecule has 0 aliphatic carbocycles. The van der Waals surface area contributed by atoms with Gasteiger partial charge in [-0.1, -0.05) is 11.6 Å². The minimum Gasteiger partial charge on any atom is -0.478 e. The molecule has 0 radical (unpaired) electrons. The largest absolute Gasteiger partial charge is 0.478 e. The number of hydrogen-bond donors (Lipinski definition) is 2. The van der Waals surface area contributed by atoms with Crippen molar-refractivity contribution in [3.05, 3.63) is 57.9 Å². The average molecular weight is 362 g/mol. The van der Waals surface area contributed by atoms with Crippen molar-refractivity contribution in [3.63, 3.8) is 0 Å². The number of aromatic carboxylic acids is 1. The van der Waals surface area contributed by atoms with E-state index in [1.807, 2.05) is 30.0 Å². The van der Waals surface area contributed by atoms with E-state index >= 15 is 0 Å². The number of thiocarbonyl (C=S) groups is 1. The highest BCUT2D eigenvalue weighted by atomic mass is 35.5. The Morgan fingerprint density at radius 2 is 2.21 bits per heavy atom. The predicted molar refractivity (Wildman–Crippen MR) is 97.7 cm³/mol. The maximum atomic E-state index is 11.3. The Morgan fingerprint density at radius 3 is 2.92 bits per heavy atom. The van der Waals surface area contributed by atoms with Crippen molar-refractivity contribution in [2.24, 2.45) is 0 Å². The highest BCUT2D eigenvalue weighted by Crippen LogP contribution is 2.24. The number of hydrogen-bond acceptors (Lipinski definition) is 3. The lowest BCUT2D eigenvalue weighted by molar-refractivity contribution is 0.0694. The summed E-state index contributed by atoms with van der Waals surface area (Å²) in [5.74, 6) is -0.940. The minimum atomic E-state index is -0.940. The summed E-state index contributed by atoms with van der Waals surface area (Å²) in [7, 11) is 0. The molecule has 1 aromatic carbocycles. The van der Waals surface area contributed by atoms with Gasteiger partial charge in [-0.05, 0) is 60.5 Å². The summed E-state index contributed by atoms with van der Waals surface area (Å²) >= 11 is 11.5. The molecule has 0 atom stereocenters. The van der Waals surface area contributed by atoms with Gasteiger partial charge in [0, 0.05) is 36.2 Å². The van der Waals surface area contributed by atoms with Crippen LogP contribution in [0.4, 0.5) is 5.69 Å². The predicted octanol–water partition coefficient (Wildman–Crippen LogP) is 3.50. The molecule has 7 heteroatoms. The Kier molecular flexibility index (Phi) is 4.69. The summed E-state index contributed by atoms with van der Waals surface area (Å²) < 4.78 is 0. The van der Waals surface area contributed by atoms with E-state index in [9.17, 15) is 9.90 Å². The maximum absolute atomic E-state index is 11.3. The molecule has 1 aliphatic heterocycles. The summed E-state index contributed by atoms with van der Waals surface area (Å²) in [5, 5.41) is 13.8. The lowest BCUT2D eigenvalue weighted by Gasteiger charge is -2.31. The first-order chi connectivity index (χ1) is 11.5. The number of anilines is 1. The van der Waals surface area contributed by atoms with Crippen molar-refractivity contribution < 1.29 is 9.90 Å². The molecule has 0 saturated carbocycles. The van der Waals surface area contributed by atoms with Crippen LogP contribution in [-0.4, -0.2) is 32.6 Å². The van der Waals surface area contributed by atoms with Gasteiger partial charge in [-0.25, -0.2) is 4.79 Å². The van der Waals surface area contributed by atoms with Gasteiger partial charge >= 0.3 is 5.97 Å². The Morgan fingerprint density at radius 1 is 1.42 bits per heavy atom. The molecular formula is C17H16ClN3O2S. The van der Waals surface area contributed by atoms with E-state index in [0.717, 1.165) is 22.4 Å². The van der Waals surface area contributed by atoms with Crippen LogP contribution in [0, 0.1) is 6.92 Å². The van der Waals surface area contributed by atoms with E-state index in [1.54, 1.807) is 6.20 Å². The summed E-state index contributed by atoms with van der Waals surface area (Å²) in [6, 6.07) is 5.58. The summed E-state index contributed by atoms with van der Waals surface area (Å²) in [6.07, 6.45) is 3.75. The van der Waals surface area contributed by atoms with Crippen LogP contribution < -0.4 is 5.32 Å². The Bertz CT molecular complexity index is 825. The number of pyridine rings is 1. The van der Waals surface area contributed by atoms with E-state index in [2.05, 4.69) is 10.3 Å². The topological polar surface area (TPSA) is 65.5 Å². The highest BCUT2D eigenvalue weighted by Gasteiger charge is 2.23. The molecule has 0 spiro atoms. The third-order valence-electron chi connectivity index (χ3n) is 4.09. The second kappa shape index (κ2) is 6.75. The zero-order chi connectivity index (χ0) is 17.3. The Hall–Kier alpha value is -2.18. The first-order valence-electron chi connectivity index (χ1n) is 7.47. The quantitative estimate of drug-likeness (QED) is 0.798. The Balaban J connectivity index is 1.77. The van der Waals surface area contributed by atoms with Crippen LogP contribution in [-0.2, 0) is 13.0 Å². The molecule has 0 amide bonds. The van der Waals surface area contributed by atoms with Gasteiger partial charge in [0.15, 0.2) is 5.11 Å². The van der Waals surface area contributed by atoms with Crippen molar-refractivity contribution in [2.75, 3.05) is 11.9 Å². The van der Waals surface area contributed by atoms with Gasteiger partial charge in [0.25, 0.3) is 0 Å². The number of benzene rings is 1. The number of carboxylic acid groups (broad SMARTS) is 1. The van der Waals surface area contributed by atoms with Crippen LogP contribution in [0.1, 0.15) is 27.0 Å². The molecule has 1 aliphatic rings. The summed E-state index contributed by atoms with van der Waals surface area (Å²) in [5.41, 5.74) is 3.95. The molecule has 2 N–H and O–H groups in total. The minimum absolute atomic E-state index is 0.277. The van der Waals surface area contributed by atoms with Crippen molar-refractivity contribution in [1.82, 2.24) is 9.88 Å². The number of halogens is 1. The molecule has 0 unspecified atom stereocenters. The normalized spacial score (nSPS) is 13.3. The molecule has 2 aromatic rings. The smallest absolute Gasteiger partial charge is 0.337 e. The van der Waals surface area contributed by atoms with Gasteiger partial charge in [-0.3, -0.25) is 4.98 Å². The fraction of sp³-hybridized carbons (Fsp3) is 0.235. The third-order valence-corrected chi connectivity index (χ3v) is 4.68. The molecule has 1 aromatic heterocycles. The zero-order valence-corrected chi connectivity index (χ0v) is 14.6. The maximum Gasteiger partial charge on any atom is 0.337 e. The molecule has 124 valence electrons. The van der Waals surface area contributed by atoms with Crippen molar-refractivity contribution in [1.29, 1.82) is 0 Å². The first kappa shape index (κ1) is 16.7. The van der Waals surface area contributed by atoms with E-state index < -0.39 is 5.97 Å². The molecule has 3 rings (SSSR count). The highest BCUT2D eigenvalue weighted by molar-refractivity contribution is 7.80. The second-order valence-corrected chi connectivity index (χ2v) is 6.51. The number of aromatic nitrogens is 1. The molecule has 2 heterocycles. The molecule has 0 saturated heterocycles. The van der Waals surface area contributed by atoms with Gasteiger partial charge in [0.05, 0.1) is 5.56 Å². The van der Waals surface area contributed by atoms with Gasteiger partial charge in [-0.2, -0.15) is 0 Å². The van der Waals surface area contributed by atoms with Crippen LogP contribution >= 0.6 is 23.8 Å².